The zero-order valence-electron chi connectivity index (χ0n) is 15.0. The van der Waals surface area contributed by atoms with Crippen molar-refractivity contribution in [1.29, 1.82) is 0 Å². The van der Waals surface area contributed by atoms with Gasteiger partial charge in [0, 0.05) is 26.2 Å². The molecule has 0 bridgehead atoms. The first-order valence-electron chi connectivity index (χ1n) is 8.82. The second-order valence-electron chi connectivity index (χ2n) is 7.17. The minimum Gasteiger partial charge on any atom is -0.378 e. The second kappa shape index (κ2) is 6.99. The van der Waals surface area contributed by atoms with Crippen molar-refractivity contribution >= 4 is 23.3 Å². The fraction of sp³-hybridized carbons (Fsp3) is 0.750. The van der Waals surface area contributed by atoms with E-state index in [0.29, 0.717) is 30.8 Å². The average Bonchev–Trinajstić information content (AvgIpc) is 2.53. The molecule has 9 heteroatoms. The molecule has 3 heterocycles. The molecule has 2 saturated heterocycles. The summed E-state index contributed by atoms with van der Waals surface area (Å²) in [7, 11) is 0. The van der Waals surface area contributed by atoms with Crippen molar-refractivity contribution in [2.75, 3.05) is 41.7 Å². The molecule has 0 radical (unpaired) electrons. The predicted molar refractivity (Wildman–Crippen MR) is 95.9 cm³/mol. The van der Waals surface area contributed by atoms with Gasteiger partial charge in [0.25, 0.3) is 0 Å². The highest BCUT2D eigenvalue weighted by Gasteiger charge is 2.33. The molecule has 0 saturated carbocycles. The third-order valence-electron chi connectivity index (χ3n) is 4.85. The Labute approximate surface area is 147 Å². The quantitative estimate of drug-likeness (QED) is 0.649. The standard InChI is InChI=1S/C16H26N6O3/c1-10-4-6-20(7-5-10)16-18-14(17)13(22(23)24)15(19-16)21-8-11(2)25-12(3)9-21/h10-12H,4-9H2,1-3H3,(H2,17,18,19)/t11-,12-/m1/s1. The number of anilines is 3. The molecule has 0 unspecified atom stereocenters. The van der Waals surface area contributed by atoms with Crippen LogP contribution in [0.1, 0.15) is 33.6 Å². The monoisotopic (exact) mass is 350 g/mol. The number of nitro groups is 1. The van der Waals surface area contributed by atoms with E-state index in [0.717, 1.165) is 25.9 Å². The van der Waals surface area contributed by atoms with Crippen LogP contribution in [0.5, 0.6) is 0 Å². The van der Waals surface area contributed by atoms with Gasteiger partial charge in [-0.15, -0.1) is 0 Å². The molecule has 0 aliphatic carbocycles. The first-order chi connectivity index (χ1) is 11.8. The highest BCUT2D eigenvalue weighted by atomic mass is 16.6. The van der Waals surface area contributed by atoms with Crippen molar-refractivity contribution < 1.29 is 9.66 Å². The Morgan fingerprint density at radius 1 is 1.12 bits per heavy atom. The Morgan fingerprint density at radius 2 is 1.72 bits per heavy atom. The van der Waals surface area contributed by atoms with Crippen LogP contribution in [-0.4, -0.2) is 53.3 Å². The molecule has 0 amide bonds. The molecule has 2 fully saturated rings. The van der Waals surface area contributed by atoms with Gasteiger partial charge in [0.15, 0.2) is 0 Å². The van der Waals surface area contributed by atoms with Gasteiger partial charge in [-0.2, -0.15) is 9.97 Å². The summed E-state index contributed by atoms with van der Waals surface area (Å²) in [5.74, 6) is 1.38. The third-order valence-corrected chi connectivity index (χ3v) is 4.85. The topological polar surface area (TPSA) is 111 Å². The van der Waals surface area contributed by atoms with Crippen LogP contribution in [0.25, 0.3) is 0 Å². The maximum atomic E-state index is 11.6. The van der Waals surface area contributed by atoms with Crippen molar-refractivity contribution in [3.63, 3.8) is 0 Å². The lowest BCUT2D eigenvalue weighted by Crippen LogP contribution is -2.46. The van der Waals surface area contributed by atoms with Gasteiger partial charge < -0.3 is 20.3 Å². The van der Waals surface area contributed by atoms with Gasteiger partial charge >= 0.3 is 5.69 Å². The largest absolute Gasteiger partial charge is 0.378 e. The van der Waals surface area contributed by atoms with Crippen LogP contribution < -0.4 is 15.5 Å². The first-order valence-corrected chi connectivity index (χ1v) is 8.82. The number of morpholine rings is 1. The molecule has 0 aromatic carbocycles. The van der Waals surface area contributed by atoms with Crippen LogP contribution in [0.3, 0.4) is 0 Å². The molecule has 2 aliphatic heterocycles. The summed E-state index contributed by atoms with van der Waals surface area (Å²) in [6, 6.07) is 0. The number of ether oxygens (including phenoxy) is 1. The maximum absolute atomic E-state index is 11.6. The molecular formula is C16H26N6O3. The molecule has 138 valence electrons. The smallest absolute Gasteiger partial charge is 0.353 e. The molecule has 9 nitrogen and oxygen atoms in total. The van der Waals surface area contributed by atoms with E-state index in [4.69, 9.17) is 10.5 Å². The fourth-order valence-electron chi connectivity index (χ4n) is 3.54. The SMILES string of the molecule is CC1CCN(c2nc(N)c([N+](=O)[O-])c(N3C[C@@H](C)O[C@H](C)C3)n2)CC1. The minimum absolute atomic E-state index is 0.0289. The molecule has 2 aliphatic rings. The second-order valence-corrected chi connectivity index (χ2v) is 7.17. The van der Waals surface area contributed by atoms with Gasteiger partial charge in [-0.3, -0.25) is 10.1 Å². The zero-order chi connectivity index (χ0) is 18.1. The molecule has 1 aromatic heterocycles. The first kappa shape index (κ1) is 17.7. The summed E-state index contributed by atoms with van der Waals surface area (Å²) in [6.07, 6.45) is 2.06. The van der Waals surface area contributed by atoms with Gasteiger partial charge in [-0.25, -0.2) is 0 Å². The number of hydrogen-bond acceptors (Lipinski definition) is 8. The Kier molecular flexibility index (Phi) is 4.94. The predicted octanol–water partition coefficient (Wildman–Crippen LogP) is 1.82. The number of aromatic nitrogens is 2. The lowest BCUT2D eigenvalue weighted by atomic mass is 10.00. The number of rotatable bonds is 3. The van der Waals surface area contributed by atoms with Crippen molar-refractivity contribution in [3.8, 4) is 0 Å². The van der Waals surface area contributed by atoms with Crippen molar-refractivity contribution in [1.82, 2.24) is 9.97 Å². The molecule has 3 rings (SSSR count). The molecule has 2 N–H and O–H groups in total. The third kappa shape index (κ3) is 3.76. The van der Waals surface area contributed by atoms with E-state index in [1.165, 1.54) is 0 Å². The van der Waals surface area contributed by atoms with E-state index < -0.39 is 4.92 Å². The van der Waals surface area contributed by atoms with E-state index in [9.17, 15) is 10.1 Å². The summed E-state index contributed by atoms with van der Waals surface area (Å²) in [4.78, 5) is 23.8. The van der Waals surface area contributed by atoms with E-state index in [2.05, 4.69) is 21.8 Å². The summed E-state index contributed by atoms with van der Waals surface area (Å²) < 4.78 is 5.73. The molecule has 0 spiro atoms. The highest BCUT2D eigenvalue weighted by Crippen LogP contribution is 2.35. The lowest BCUT2D eigenvalue weighted by molar-refractivity contribution is -0.383. The average molecular weight is 350 g/mol. The van der Waals surface area contributed by atoms with Crippen LogP contribution >= 0.6 is 0 Å². The number of nitrogen functional groups attached to an aromatic ring is 1. The Hall–Kier alpha value is -2.16. The van der Waals surface area contributed by atoms with Crippen LogP contribution in [0.2, 0.25) is 0 Å². The van der Waals surface area contributed by atoms with E-state index in [1.54, 1.807) is 0 Å². The van der Waals surface area contributed by atoms with Crippen LogP contribution in [0.15, 0.2) is 0 Å². The van der Waals surface area contributed by atoms with Gasteiger partial charge in [0.1, 0.15) is 0 Å². The Morgan fingerprint density at radius 3 is 2.28 bits per heavy atom. The fourth-order valence-corrected chi connectivity index (χ4v) is 3.54. The molecule has 25 heavy (non-hydrogen) atoms. The van der Waals surface area contributed by atoms with E-state index in [1.807, 2.05) is 18.7 Å². The highest BCUT2D eigenvalue weighted by molar-refractivity contribution is 5.71. The van der Waals surface area contributed by atoms with Crippen molar-refractivity contribution in [2.45, 2.75) is 45.8 Å². The van der Waals surface area contributed by atoms with E-state index >= 15 is 0 Å². The minimum atomic E-state index is -0.489. The Balaban J connectivity index is 1.97. The number of nitrogens with two attached hydrogens (primary N) is 1. The van der Waals surface area contributed by atoms with Crippen LogP contribution in [0.4, 0.5) is 23.3 Å². The molecule has 1 aromatic rings. The van der Waals surface area contributed by atoms with Crippen molar-refractivity contribution in [2.24, 2.45) is 5.92 Å². The number of piperidine rings is 1. The van der Waals surface area contributed by atoms with Crippen LogP contribution in [0, 0.1) is 16.0 Å². The maximum Gasteiger partial charge on any atom is 0.353 e. The van der Waals surface area contributed by atoms with Gasteiger partial charge in [-0.1, -0.05) is 6.92 Å². The summed E-state index contributed by atoms with van der Waals surface area (Å²) >= 11 is 0. The summed E-state index contributed by atoms with van der Waals surface area (Å²) in [6.45, 7) is 8.89. The number of nitrogens with zero attached hydrogens (tertiary/aromatic N) is 5. The number of hydrogen-bond donors (Lipinski definition) is 1. The molecule has 2 atom stereocenters. The van der Waals surface area contributed by atoms with Crippen LogP contribution in [-0.2, 0) is 4.74 Å². The van der Waals surface area contributed by atoms with Gasteiger partial charge in [0.05, 0.1) is 17.1 Å². The zero-order valence-corrected chi connectivity index (χ0v) is 15.0. The van der Waals surface area contributed by atoms with Gasteiger partial charge in [-0.05, 0) is 32.6 Å². The normalized spacial score (nSPS) is 25.2. The summed E-state index contributed by atoms with van der Waals surface area (Å²) in [5, 5.41) is 11.6. The Bertz CT molecular complexity index is 637. The summed E-state index contributed by atoms with van der Waals surface area (Å²) in [5.41, 5.74) is 5.74. The molecular weight excluding hydrogens is 324 g/mol. The van der Waals surface area contributed by atoms with Gasteiger partial charge in [0.2, 0.25) is 17.6 Å². The van der Waals surface area contributed by atoms with Crippen molar-refractivity contribution in [3.05, 3.63) is 10.1 Å². The lowest BCUT2D eigenvalue weighted by Gasteiger charge is -2.36. The van der Waals surface area contributed by atoms with E-state index in [-0.39, 0.29) is 23.7 Å².